The molecule has 0 radical (unpaired) electrons. The van der Waals surface area contributed by atoms with E-state index in [9.17, 15) is 9.59 Å². The molecule has 0 saturated heterocycles. The minimum atomic E-state index is -0.709. The van der Waals surface area contributed by atoms with E-state index in [1.165, 1.54) is 0 Å². The first kappa shape index (κ1) is 24.0. The number of hydrogen-bond acceptors (Lipinski definition) is 4. The molecule has 4 N–H and O–H groups in total. The summed E-state index contributed by atoms with van der Waals surface area (Å²) in [7, 11) is 0. The number of nitrogens with one attached hydrogen (secondary N) is 2. The third-order valence-corrected chi connectivity index (χ3v) is 5.16. The zero-order chi connectivity index (χ0) is 23.3. The van der Waals surface area contributed by atoms with Gasteiger partial charge < -0.3 is 21.1 Å². The first-order valence-corrected chi connectivity index (χ1v) is 11.3. The Bertz CT molecular complexity index is 1010. The van der Waals surface area contributed by atoms with Crippen molar-refractivity contribution in [3.8, 4) is 11.5 Å². The first-order valence-electron chi connectivity index (χ1n) is 11.3. The van der Waals surface area contributed by atoms with Gasteiger partial charge >= 0.3 is 0 Å². The molecule has 0 aromatic heterocycles. The van der Waals surface area contributed by atoms with Gasteiger partial charge in [-0.1, -0.05) is 67.1 Å². The molecule has 0 saturated carbocycles. The summed E-state index contributed by atoms with van der Waals surface area (Å²) in [6.45, 7) is 0.616. The Kier molecular flexibility index (Phi) is 9.48. The molecule has 0 bridgehead atoms. The number of amides is 2. The maximum Gasteiger partial charge on any atom is 0.247 e. The molecule has 33 heavy (non-hydrogen) atoms. The number of anilines is 1. The van der Waals surface area contributed by atoms with Crippen molar-refractivity contribution in [3.05, 3.63) is 90.5 Å². The number of para-hydroxylation sites is 3. The van der Waals surface area contributed by atoms with Crippen LogP contribution in [0.2, 0.25) is 0 Å². The quantitative estimate of drug-likeness (QED) is 0.353. The summed E-state index contributed by atoms with van der Waals surface area (Å²) >= 11 is 0. The second-order valence-corrected chi connectivity index (χ2v) is 7.81. The standard InChI is InChI=1S/C27H31N3O3/c28-19-11-3-8-18-26(31)29-24(20-21-12-4-1-5-13-21)27(32)30-23-16-9-10-17-25(23)33-22-14-6-2-7-15-22/h1-2,4-7,9-10,12-17,24H,3,8,11,18-20,28H2,(H,29,31)(H,30,32). The van der Waals surface area contributed by atoms with Crippen LogP contribution in [0.5, 0.6) is 11.5 Å². The summed E-state index contributed by atoms with van der Waals surface area (Å²) in [5.41, 5.74) is 7.03. The van der Waals surface area contributed by atoms with Crippen LogP contribution in [0.1, 0.15) is 31.2 Å². The second-order valence-electron chi connectivity index (χ2n) is 7.81. The maximum absolute atomic E-state index is 13.2. The van der Waals surface area contributed by atoms with Crippen LogP contribution in [0, 0.1) is 0 Å². The van der Waals surface area contributed by atoms with Crippen LogP contribution >= 0.6 is 0 Å². The zero-order valence-corrected chi connectivity index (χ0v) is 18.7. The molecule has 0 aliphatic rings. The van der Waals surface area contributed by atoms with Crippen molar-refractivity contribution >= 4 is 17.5 Å². The van der Waals surface area contributed by atoms with Gasteiger partial charge in [0, 0.05) is 12.8 Å². The summed E-state index contributed by atoms with van der Waals surface area (Å²) in [4.78, 5) is 25.8. The van der Waals surface area contributed by atoms with Crippen molar-refractivity contribution in [2.24, 2.45) is 5.73 Å². The van der Waals surface area contributed by atoms with Gasteiger partial charge in [-0.3, -0.25) is 9.59 Å². The number of nitrogens with two attached hydrogens (primary N) is 1. The van der Waals surface area contributed by atoms with Crippen LogP contribution in [-0.4, -0.2) is 24.4 Å². The average Bonchev–Trinajstić information content (AvgIpc) is 2.84. The monoisotopic (exact) mass is 445 g/mol. The third-order valence-electron chi connectivity index (χ3n) is 5.16. The third kappa shape index (κ3) is 8.09. The van der Waals surface area contributed by atoms with E-state index in [0.29, 0.717) is 36.6 Å². The molecule has 0 aliphatic heterocycles. The van der Waals surface area contributed by atoms with Crippen molar-refractivity contribution in [1.82, 2.24) is 5.32 Å². The normalized spacial score (nSPS) is 11.4. The van der Waals surface area contributed by atoms with Gasteiger partial charge in [0.2, 0.25) is 11.8 Å². The van der Waals surface area contributed by atoms with Gasteiger partial charge in [0.15, 0.2) is 5.75 Å². The van der Waals surface area contributed by atoms with E-state index in [4.69, 9.17) is 10.5 Å². The van der Waals surface area contributed by atoms with Crippen molar-refractivity contribution in [2.45, 2.75) is 38.1 Å². The summed E-state index contributed by atoms with van der Waals surface area (Å²) < 4.78 is 5.95. The molecule has 2 amide bonds. The molecule has 3 aromatic carbocycles. The van der Waals surface area contributed by atoms with Crippen LogP contribution in [0.25, 0.3) is 0 Å². The Balaban J connectivity index is 1.71. The fourth-order valence-corrected chi connectivity index (χ4v) is 3.43. The summed E-state index contributed by atoms with van der Waals surface area (Å²) in [6, 6.07) is 25.6. The number of hydrogen-bond donors (Lipinski definition) is 3. The molecule has 6 heteroatoms. The molecule has 6 nitrogen and oxygen atoms in total. The Labute approximate surface area is 195 Å². The van der Waals surface area contributed by atoms with E-state index in [0.717, 1.165) is 24.8 Å². The highest BCUT2D eigenvalue weighted by atomic mass is 16.5. The maximum atomic E-state index is 13.2. The van der Waals surface area contributed by atoms with Crippen molar-refractivity contribution in [3.63, 3.8) is 0 Å². The number of benzene rings is 3. The molecule has 0 aliphatic carbocycles. The minimum absolute atomic E-state index is 0.142. The van der Waals surface area contributed by atoms with Crippen LogP contribution in [0.15, 0.2) is 84.9 Å². The zero-order valence-electron chi connectivity index (χ0n) is 18.7. The molecule has 1 unspecified atom stereocenters. The fraction of sp³-hybridized carbons (Fsp3) is 0.259. The van der Waals surface area contributed by atoms with Gasteiger partial charge in [-0.25, -0.2) is 0 Å². The van der Waals surface area contributed by atoms with Gasteiger partial charge in [-0.05, 0) is 49.2 Å². The Morgan fingerprint density at radius 3 is 2.21 bits per heavy atom. The number of rotatable bonds is 12. The highest BCUT2D eigenvalue weighted by molar-refractivity contribution is 5.98. The van der Waals surface area contributed by atoms with E-state index in [1.807, 2.05) is 72.8 Å². The molecule has 1 atom stereocenters. The van der Waals surface area contributed by atoms with Gasteiger partial charge in [0.05, 0.1) is 5.69 Å². The van der Waals surface area contributed by atoms with Crippen molar-refractivity contribution in [1.29, 1.82) is 0 Å². The van der Waals surface area contributed by atoms with Crippen molar-refractivity contribution < 1.29 is 14.3 Å². The van der Waals surface area contributed by atoms with Gasteiger partial charge in [-0.15, -0.1) is 0 Å². The second kappa shape index (κ2) is 13.0. The van der Waals surface area contributed by atoms with Crippen molar-refractivity contribution in [2.75, 3.05) is 11.9 Å². The topological polar surface area (TPSA) is 93.5 Å². The molecule has 0 fully saturated rings. The lowest BCUT2D eigenvalue weighted by molar-refractivity contribution is -0.126. The Morgan fingerprint density at radius 1 is 0.818 bits per heavy atom. The lowest BCUT2D eigenvalue weighted by Crippen LogP contribution is -2.45. The summed E-state index contributed by atoms with van der Waals surface area (Å²) in [5.74, 6) is 0.768. The average molecular weight is 446 g/mol. The van der Waals surface area contributed by atoms with E-state index in [1.54, 1.807) is 12.1 Å². The Hall–Kier alpha value is -3.64. The van der Waals surface area contributed by atoms with Crippen LogP contribution in [0.3, 0.4) is 0 Å². The smallest absolute Gasteiger partial charge is 0.247 e. The predicted octanol–water partition coefficient (Wildman–Crippen LogP) is 4.66. The highest BCUT2D eigenvalue weighted by Crippen LogP contribution is 2.29. The molecule has 0 spiro atoms. The van der Waals surface area contributed by atoms with Gasteiger partial charge in [-0.2, -0.15) is 0 Å². The molecule has 3 aromatic rings. The van der Waals surface area contributed by atoms with Crippen LogP contribution < -0.4 is 21.1 Å². The first-order chi connectivity index (χ1) is 16.2. The van der Waals surface area contributed by atoms with E-state index < -0.39 is 6.04 Å². The van der Waals surface area contributed by atoms with E-state index in [2.05, 4.69) is 10.6 Å². The number of carbonyl (C=O) groups excluding carboxylic acids is 2. The number of ether oxygens (including phenoxy) is 1. The number of unbranched alkanes of at least 4 members (excludes halogenated alkanes) is 2. The molecule has 0 heterocycles. The van der Waals surface area contributed by atoms with Crippen LogP contribution in [-0.2, 0) is 16.0 Å². The summed E-state index contributed by atoms with van der Waals surface area (Å²) in [6.07, 6.45) is 3.29. The molecule has 172 valence electrons. The lowest BCUT2D eigenvalue weighted by Gasteiger charge is -2.20. The van der Waals surface area contributed by atoms with E-state index >= 15 is 0 Å². The fourth-order valence-electron chi connectivity index (χ4n) is 3.43. The highest BCUT2D eigenvalue weighted by Gasteiger charge is 2.22. The minimum Gasteiger partial charge on any atom is -0.455 e. The lowest BCUT2D eigenvalue weighted by atomic mass is 10.0. The largest absolute Gasteiger partial charge is 0.455 e. The van der Waals surface area contributed by atoms with Gasteiger partial charge in [0.25, 0.3) is 0 Å². The Morgan fingerprint density at radius 2 is 1.48 bits per heavy atom. The SMILES string of the molecule is NCCCCCC(=O)NC(Cc1ccccc1)C(=O)Nc1ccccc1Oc1ccccc1. The molecule has 3 rings (SSSR count). The van der Waals surface area contributed by atoms with E-state index in [-0.39, 0.29) is 11.8 Å². The summed E-state index contributed by atoms with van der Waals surface area (Å²) in [5, 5.41) is 5.85. The van der Waals surface area contributed by atoms with Gasteiger partial charge in [0.1, 0.15) is 11.8 Å². The van der Waals surface area contributed by atoms with Crippen LogP contribution in [0.4, 0.5) is 5.69 Å². The predicted molar refractivity (Wildman–Crippen MR) is 131 cm³/mol. The number of carbonyl (C=O) groups is 2. The molecular weight excluding hydrogens is 414 g/mol. The molecular formula is C27H31N3O3.